The highest BCUT2D eigenvalue weighted by Crippen LogP contribution is 2.23. The Bertz CT molecular complexity index is 335. The second kappa shape index (κ2) is 5.30. The number of halogens is 4. The average Bonchev–Trinajstić information content (AvgIpc) is 2.14. The fourth-order valence-electron chi connectivity index (χ4n) is 1.50. The van der Waals surface area contributed by atoms with Crippen molar-refractivity contribution in [3.8, 4) is 0 Å². The van der Waals surface area contributed by atoms with Gasteiger partial charge in [0, 0.05) is 6.04 Å². The molecule has 90 valence electrons. The molecule has 1 aromatic rings. The van der Waals surface area contributed by atoms with Crippen molar-refractivity contribution in [2.75, 3.05) is 7.05 Å². The Kier molecular flexibility index (Phi) is 4.29. The summed E-state index contributed by atoms with van der Waals surface area (Å²) in [6.07, 6.45) is -4.96. The molecule has 0 amide bonds. The van der Waals surface area contributed by atoms with Crippen LogP contribution in [0.1, 0.15) is 12.0 Å². The number of likely N-dealkylation sites (N-methyl/N-ethyl adjacent to an activating group) is 1. The predicted octanol–water partition coefficient (Wildman–Crippen LogP) is 2.91. The monoisotopic (exact) mass is 235 g/mol. The first kappa shape index (κ1) is 13.0. The van der Waals surface area contributed by atoms with Gasteiger partial charge in [0.2, 0.25) is 0 Å². The number of benzene rings is 1. The molecule has 0 aliphatic rings. The van der Waals surface area contributed by atoms with Crippen LogP contribution in [0, 0.1) is 5.82 Å². The van der Waals surface area contributed by atoms with Crippen molar-refractivity contribution in [1.82, 2.24) is 5.32 Å². The standard InChI is InChI=1S/C11H13F4N/c1-16-10(7-11(13,14)15)6-8-3-2-4-9(12)5-8/h2-5,10,16H,6-7H2,1H3. The summed E-state index contributed by atoms with van der Waals surface area (Å²) in [4.78, 5) is 0. The number of nitrogens with one attached hydrogen (secondary N) is 1. The lowest BCUT2D eigenvalue weighted by atomic mass is 10.0. The van der Waals surface area contributed by atoms with Crippen molar-refractivity contribution in [3.63, 3.8) is 0 Å². The molecule has 0 aliphatic heterocycles. The van der Waals surface area contributed by atoms with Crippen LogP contribution < -0.4 is 5.32 Å². The lowest BCUT2D eigenvalue weighted by Crippen LogP contribution is -2.32. The highest BCUT2D eigenvalue weighted by Gasteiger charge is 2.31. The Labute approximate surface area is 91.5 Å². The van der Waals surface area contributed by atoms with Crippen LogP contribution in [0.15, 0.2) is 24.3 Å². The molecule has 0 saturated heterocycles. The van der Waals surface area contributed by atoms with Gasteiger partial charge in [-0.2, -0.15) is 13.2 Å². The van der Waals surface area contributed by atoms with Gasteiger partial charge in [0.25, 0.3) is 0 Å². The molecule has 0 spiro atoms. The minimum atomic E-state index is -4.21. The Morgan fingerprint density at radius 2 is 2.00 bits per heavy atom. The summed E-state index contributed by atoms with van der Waals surface area (Å²) in [6, 6.07) is 4.90. The lowest BCUT2D eigenvalue weighted by Gasteiger charge is -2.18. The highest BCUT2D eigenvalue weighted by molar-refractivity contribution is 5.17. The van der Waals surface area contributed by atoms with Crippen molar-refractivity contribution in [1.29, 1.82) is 0 Å². The molecule has 16 heavy (non-hydrogen) atoms. The summed E-state index contributed by atoms with van der Waals surface area (Å²) < 4.78 is 49.3. The largest absolute Gasteiger partial charge is 0.390 e. The fraction of sp³-hybridized carbons (Fsp3) is 0.455. The van der Waals surface area contributed by atoms with Crippen LogP contribution in [0.3, 0.4) is 0 Å². The third kappa shape index (κ3) is 4.61. The third-order valence-electron chi connectivity index (χ3n) is 2.26. The summed E-state index contributed by atoms with van der Waals surface area (Å²) in [6.45, 7) is 0. The first-order chi connectivity index (χ1) is 7.40. The molecule has 1 rings (SSSR count). The van der Waals surface area contributed by atoms with Gasteiger partial charge in [0.15, 0.2) is 0 Å². The fourth-order valence-corrected chi connectivity index (χ4v) is 1.50. The maximum atomic E-state index is 12.8. The maximum Gasteiger partial charge on any atom is 0.390 e. The number of rotatable bonds is 4. The minimum Gasteiger partial charge on any atom is -0.316 e. The lowest BCUT2D eigenvalue weighted by molar-refractivity contribution is -0.139. The SMILES string of the molecule is CNC(Cc1cccc(F)c1)CC(F)(F)F. The van der Waals surface area contributed by atoms with Gasteiger partial charge in [-0.15, -0.1) is 0 Å². The smallest absolute Gasteiger partial charge is 0.316 e. The summed E-state index contributed by atoms with van der Waals surface area (Å²) in [5.74, 6) is -0.431. The van der Waals surface area contributed by atoms with Crippen LogP contribution in [0.25, 0.3) is 0 Å². The van der Waals surface area contributed by atoms with E-state index in [0.717, 1.165) is 0 Å². The average molecular weight is 235 g/mol. The molecule has 0 bridgehead atoms. The van der Waals surface area contributed by atoms with E-state index in [2.05, 4.69) is 5.32 Å². The molecular formula is C11H13F4N. The minimum absolute atomic E-state index is 0.160. The number of hydrogen-bond donors (Lipinski definition) is 1. The van der Waals surface area contributed by atoms with Crippen molar-refractivity contribution in [2.45, 2.75) is 25.1 Å². The topological polar surface area (TPSA) is 12.0 Å². The molecule has 1 unspecified atom stereocenters. The van der Waals surface area contributed by atoms with E-state index < -0.39 is 24.5 Å². The summed E-state index contributed by atoms with van der Waals surface area (Å²) in [5, 5.41) is 2.58. The van der Waals surface area contributed by atoms with E-state index in [1.54, 1.807) is 6.07 Å². The summed E-state index contributed by atoms with van der Waals surface area (Å²) in [5.41, 5.74) is 0.559. The zero-order valence-corrected chi connectivity index (χ0v) is 8.81. The molecule has 1 N–H and O–H groups in total. The van der Waals surface area contributed by atoms with Gasteiger partial charge in [-0.1, -0.05) is 12.1 Å². The van der Waals surface area contributed by atoms with Gasteiger partial charge in [0.05, 0.1) is 6.42 Å². The predicted molar refractivity (Wildman–Crippen MR) is 53.6 cm³/mol. The van der Waals surface area contributed by atoms with Crippen LogP contribution in [-0.2, 0) is 6.42 Å². The molecule has 1 aromatic carbocycles. The van der Waals surface area contributed by atoms with Crippen LogP contribution in [0.4, 0.5) is 17.6 Å². The molecule has 1 nitrogen and oxygen atoms in total. The first-order valence-corrected chi connectivity index (χ1v) is 4.89. The van der Waals surface area contributed by atoms with Gasteiger partial charge in [-0.3, -0.25) is 0 Å². The van der Waals surface area contributed by atoms with E-state index in [1.165, 1.54) is 25.2 Å². The molecule has 0 aromatic heterocycles. The number of alkyl halides is 3. The van der Waals surface area contributed by atoms with Gasteiger partial charge < -0.3 is 5.32 Å². The molecule has 0 saturated carbocycles. The Morgan fingerprint density at radius 3 is 2.50 bits per heavy atom. The van der Waals surface area contributed by atoms with Crippen LogP contribution >= 0.6 is 0 Å². The van der Waals surface area contributed by atoms with E-state index in [-0.39, 0.29) is 6.42 Å². The van der Waals surface area contributed by atoms with Crippen LogP contribution in [-0.4, -0.2) is 19.3 Å². The molecule has 0 aliphatic carbocycles. The van der Waals surface area contributed by atoms with Gasteiger partial charge in [0.1, 0.15) is 5.82 Å². The number of hydrogen-bond acceptors (Lipinski definition) is 1. The second-order valence-electron chi connectivity index (χ2n) is 3.64. The summed E-state index contributed by atoms with van der Waals surface area (Å²) >= 11 is 0. The molecule has 0 fully saturated rings. The van der Waals surface area contributed by atoms with Crippen LogP contribution in [0.2, 0.25) is 0 Å². The van der Waals surface area contributed by atoms with Gasteiger partial charge in [-0.25, -0.2) is 4.39 Å². The molecule has 1 atom stereocenters. The molecule has 0 heterocycles. The zero-order chi connectivity index (χ0) is 12.2. The van der Waals surface area contributed by atoms with Crippen molar-refractivity contribution >= 4 is 0 Å². The quantitative estimate of drug-likeness (QED) is 0.791. The second-order valence-corrected chi connectivity index (χ2v) is 3.64. The van der Waals surface area contributed by atoms with Crippen LogP contribution in [0.5, 0.6) is 0 Å². The maximum absolute atomic E-state index is 12.8. The van der Waals surface area contributed by atoms with Crippen molar-refractivity contribution in [3.05, 3.63) is 35.6 Å². The van der Waals surface area contributed by atoms with Crippen molar-refractivity contribution in [2.24, 2.45) is 0 Å². The zero-order valence-electron chi connectivity index (χ0n) is 8.81. The van der Waals surface area contributed by atoms with E-state index >= 15 is 0 Å². The van der Waals surface area contributed by atoms with Gasteiger partial charge in [-0.05, 0) is 31.2 Å². The Morgan fingerprint density at radius 1 is 1.31 bits per heavy atom. The normalized spacial score (nSPS) is 13.8. The van der Waals surface area contributed by atoms with Gasteiger partial charge >= 0.3 is 6.18 Å². The Hall–Kier alpha value is -1.10. The highest BCUT2D eigenvalue weighted by atomic mass is 19.4. The van der Waals surface area contributed by atoms with E-state index in [9.17, 15) is 17.6 Å². The van der Waals surface area contributed by atoms with Crippen molar-refractivity contribution < 1.29 is 17.6 Å². The van der Waals surface area contributed by atoms with E-state index in [4.69, 9.17) is 0 Å². The molecular weight excluding hydrogens is 222 g/mol. The molecule has 5 heteroatoms. The first-order valence-electron chi connectivity index (χ1n) is 4.89. The van der Waals surface area contributed by atoms with E-state index in [0.29, 0.717) is 5.56 Å². The van der Waals surface area contributed by atoms with E-state index in [1.807, 2.05) is 0 Å². The summed E-state index contributed by atoms with van der Waals surface area (Å²) in [7, 11) is 1.47. The third-order valence-corrected chi connectivity index (χ3v) is 2.26. The Balaban J connectivity index is 2.63. The molecule has 0 radical (unpaired) electrons.